The molecular formula is C33H39N5O8. The van der Waals surface area contributed by atoms with Gasteiger partial charge in [0.05, 0.1) is 50.0 Å². The van der Waals surface area contributed by atoms with Crippen molar-refractivity contribution in [3.63, 3.8) is 0 Å². The molecule has 3 amide bonds. The summed E-state index contributed by atoms with van der Waals surface area (Å²) in [6.45, 7) is 1.86. The van der Waals surface area contributed by atoms with E-state index in [0.29, 0.717) is 42.9 Å². The molecular weight excluding hydrogens is 594 g/mol. The molecule has 4 aliphatic heterocycles. The maximum absolute atomic E-state index is 14.1. The van der Waals surface area contributed by atoms with E-state index in [9.17, 15) is 29.9 Å². The largest absolute Gasteiger partial charge is 0.497 e. The lowest BCUT2D eigenvalue weighted by Gasteiger charge is -2.38. The Balaban J connectivity index is 1.27. The summed E-state index contributed by atoms with van der Waals surface area (Å²) in [6, 6.07) is 15.1. The highest BCUT2D eigenvalue weighted by atomic mass is 16.5. The smallest absolute Gasteiger partial charge is 0.254 e. The number of aliphatic hydroxyl groups is 2. The van der Waals surface area contributed by atoms with Crippen molar-refractivity contribution < 1.29 is 38.8 Å². The van der Waals surface area contributed by atoms with Crippen LogP contribution < -0.4 is 10.1 Å². The summed E-state index contributed by atoms with van der Waals surface area (Å²) in [5, 5.41) is 34.0. The number of nitrogens with zero attached hydrogens (tertiary/aromatic N) is 4. The van der Waals surface area contributed by atoms with Gasteiger partial charge in [0, 0.05) is 50.9 Å². The lowest BCUT2D eigenvalue weighted by atomic mass is 10.0. The highest BCUT2D eigenvalue weighted by Crippen LogP contribution is 2.28. The van der Waals surface area contributed by atoms with Gasteiger partial charge < -0.3 is 39.5 Å². The van der Waals surface area contributed by atoms with E-state index < -0.39 is 36.6 Å². The molecule has 4 aliphatic rings. The van der Waals surface area contributed by atoms with Gasteiger partial charge in [0.2, 0.25) is 11.8 Å². The van der Waals surface area contributed by atoms with Crippen LogP contribution >= 0.6 is 0 Å². The van der Waals surface area contributed by atoms with E-state index in [1.165, 1.54) is 12.0 Å². The first-order chi connectivity index (χ1) is 22.2. The van der Waals surface area contributed by atoms with E-state index in [4.69, 9.17) is 14.2 Å². The monoisotopic (exact) mass is 633 g/mol. The summed E-state index contributed by atoms with van der Waals surface area (Å²) in [4.78, 5) is 46.4. The van der Waals surface area contributed by atoms with E-state index in [2.05, 4.69) is 11.4 Å². The number of carbonyl (C=O) groups is 3. The highest BCUT2D eigenvalue weighted by molar-refractivity contribution is 5.94. The second-order valence-electron chi connectivity index (χ2n) is 12.4. The molecule has 0 aliphatic carbocycles. The number of carbonyl (C=O) groups excluding carboxylic acids is 3. The molecule has 0 radical (unpaired) electrons. The zero-order valence-corrected chi connectivity index (χ0v) is 25.7. The molecule has 3 N–H and O–H groups in total. The maximum Gasteiger partial charge on any atom is 0.254 e. The van der Waals surface area contributed by atoms with Crippen LogP contribution in [0, 0.1) is 11.3 Å². The number of ether oxygens (including phenoxy) is 3. The quantitative estimate of drug-likeness (QED) is 0.414. The molecule has 6 bridgehead atoms. The fourth-order valence-electron chi connectivity index (χ4n) is 6.83. The second-order valence-corrected chi connectivity index (χ2v) is 12.4. The van der Waals surface area contributed by atoms with Crippen LogP contribution in [0.1, 0.15) is 34.3 Å². The SMILES string of the molecule is COc1ccc(C(=O)N2C[C@@H]3CN(CCO3)C(=O)[C@@H]3C[C@@H](CN3Cc3ccc(C#N)cc3)NC(=O)C[C@@H]3O[C@H](C2)[C@@H](O)[C@H]3O)cc1. The Morgan fingerprint density at radius 2 is 1.76 bits per heavy atom. The lowest BCUT2D eigenvalue weighted by Crippen LogP contribution is -2.55. The first kappa shape index (κ1) is 31.9. The number of nitrogens with one attached hydrogen (secondary N) is 1. The Morgan fingerprint density at radius 3 is 2.48 bits per heavy atom. The number of nitriles is 1. The third-order valence-corrected chi connectivity index (χ3v) is 9.27. The molecule has 244 valence electrons. The van der Waals surface area contributed by atoms with Crippen LogP contribution in [0.5, 0.6) is 5.75 Å². The minimum atomic E-state index is -1.32. The summed E-state index contributed by atoms with van der Waals surface area (Å²) in [5.41, 5.74) is 1.87. The number of hydrogen-bond donors (Lipinski definition) is 3. The molecule has 4 saturated heterocycles. The first-order valence-corrected chi connectivity index (χ1v) is 15.6. The molecule has 46 heavy (non-hydrogen) atoms. The van der Waals surface area contributed by atoms with Crippen molar-refractivity contribution in [2.45, 2.75) is 62.0 Å². The number of methoxy groups -OCH3 is 1. The van der Waals surface area contributed by atoms with Crippen molar-refractivity contribution in [1.29, 1.82) is 5.26 Å². The molecule has 2 aromatic rings. The third-order valence-electron chi connectivity index (χ3n) is 9.27. The fraction of sp³-hybridized carbons (Fsp3) is 0.515. The molecule has 4 fully saturated rings. The molecule has 6 rings (SSSR count). The standard InChI is InChI=1S/C33H39N5O8/c1-44-24-8-6-22(7-9-24)32(42)38-18-25-17-36(10-11-45-25)33(43)26-12-23(16-37(26)15-21-4-2-20(14-34)3-5-21)35-29(39)13-27-30(40)31(41)28(19-38)46-27/h2-9,23,25-28,30-31,40-41H,10-13,15-19H2,1H3,(H,35,39)/t23-,25-,26-,27-,28+,30-,31+/m0/s1. The number of benzene rings is 2. The molecule has 13 nitrogen and oxygen atoms in total. The molecule has 0 saturated carbocycles. The van der Waals surface area contributed by atoms with Crippen molar-refractivity contribution >= 4 is 17.7 Å². The van der Waals surface area contributed by atoms with Crippen LogP contribution in [-0.4, -0.2) is 132 Å². The Kier molecular flexibility index (Phi) is 9.53. The molecule has 0 spiro atoms. The predicted octanol–water partition coefficient (Wildman–Crippen LogP) is -0.111. The van der Waals surface area contributed by atoms with E-state index in [0.717, 1.165) is 5.56 Å². The second kappa shape index (κ2) is 13.7. The van der Waals surface area contributed by atoms with Gasteiger partial charge in [0.15, 0.2) is 0 Å². The average Bonchev–Trinajstić information content (AvgIpc) is 3.58. The van der Waals surface area contributed by atoms with Gasteiger partial charge in [-0.05, 0) is 48.4 Å². The normalized spacial score (nSPS) is 30.5. The van der Waals surface area contributed by atoms with Gasteiger partial charge in [-0.2, -0.15) is 5.26 Å². The van der Waals surface area contributed by atoms with Crippen LogP contribution in [0.25, 0.3) is 0 Å². The zero-order chi connectivity index (χ0) is 32.4. The summed E-state index contributed by atoms with van der Waals surface area (Å²) >= 11 is 0. The van der Waals surface area contributed by atoms with Gasteiger partial charge in [0.25, 0.3) is 5.91 Å². The van der Waals surface area contributed by atoms with Gasteiger partial charge in [-0.3, -0.25) is 19.3 Å². The number of fused-ring (bicyclic) bond motifs is 6. The van der Waals surface area contributed by atoms with Gasteiger partial charge in [-0.25, -0.2) is 0 Å². The van der Waals surface area contributed by atoms with Gasteiger partial charge in [-0.1, -0.05) is 12.1 Å². The number of morpholine rings is 1. The molecule has 2 aromatic carbocycles. The van der Waals surface area contributed by atoms with Gasteiger partial charge in [-0.15, -0.1) is 0 Å². The van der Waals surface area contributed by atoms with Crippen LogP contribution in [0.2, 0.25) is 0 Å². The Labute approximate surface area is 267 Å². The number of likely N-dealkylation sites (tertiary alicyclic amines) is 1. The van der Waals surface area contributed by atoms with Crippen molar-refractivity contribution in [2.24, 2.45) is 0 Å². The summed E-state index contributed by atoms with van der Waals surface area (Å²) in [7, 11) is 1.54. The molecule has 0 aromatic heterocycles. The highest BCUT2D eigenvalue weighted by Gasteiger charge is 2.46. The Bertz CT molecular complexity index is 1460. The Hall–Kier alpha value is -4.06. The maximum atomic E-state index is 14.1. The zero-order valence-electron chi connectivity index (χ0n) is 25.7. The minimum Gasteiger partial charge on any atom is -0.497 e. The molecule has 4 heterocycles. The van der Waals surface area contributed by atoms with Crippen molar-refractivity contribution in [2.75, 3.05) is 46.4 Å². The van der Waals surface area contributed by atoms with Gasteiger partial charge in [0.1, 0.15) is 24.1 Å². The topological polar surface area (TPSA) is 165 Å². The van der Waals surface area contributed by atoms with E-state index >= 15 is 0 Å². The third kappa shape index (κ3) is 6.86. The molecule has 13 heteroatoms. The summed E-state index contributed by atoms with van der Waals surface area (Å²) in [6.07, 6.45) is -4.85. The molecule has 7 atom stereocenters. The average molecular weight is 634 g/mol. The van der Waals surface area contributed by atoms with E-state index in [1.807, 2.05) is 17.0 Å². The lowest BCUT2D eigenvalue weighted by molar-refractivity contribution is -0.144. The van der Waals surface area contributed by atoms with Crippen molar-refractivity contribution in [3.05, 3.63) is 65.2 Å². The van der Waals surface area contributed by atoms with Crippen LogP contribution in [0.4, 0.5) is 0 Å². The predicted molar refractivity (Wildman–Crippen MR) is 162 cm³/mol. The minimum absolute atomic E-state index is 0.0569. The van der Waals surface area contributed by atoms with Crippen molar-refractivity contribution in [1.82, 2.24) is 20.0 Å². The van der Waals surface area contributed by atoms with Gasteiger partial charge >= 0.3 is 0 Å². The first-order valence-electron chi connectivity index (χ1n) is 15.6. The number of hydrogen-bond acceptors (Lipinski definition) is 10. The molecule has 0 unspecified atom stereocenters. The van der Waals surface area contributed by atoms with Crippen molar-refractivity contribution in [3.8, 4) is 11.8 Å². The number of rotatable bonds is 4. The van der Waals surface area contributed by atoms with E-state index in [-0.39, 0.29) is 56.4 Å². The van der Waals surface area contributed by atoms with E-state index in [1.54, 1.807) is 41.3 Å². The van der Waals surface area contributed by atoms with Crippen LogP contribution in [0.3, 0.4) is 0 Å². The number of aliphatic hydroxyl groups excluding tert-OH is 2. The van der Waals surface area contributed by atoms with Crippen LogP contribution in [-0.2, 0) is 25.6 Å². The summed E-state index contributed by atoms with van der Waals surface area (Å²) in [5.74, 6) is -0.184. The Morgan fingerprint density at radius 1 is 1.02 bits per heavy atom. The van der Waals surface area contributed by atoms with Crippen LogP contribution in [0.15, 0.2) is 48.5 Å². The fourth-order valence-corrected chi connectivity index (χ4v) is 6.83. The number of amides is 3. The summed E-state index contributed by atoms with van der Waals surface area (Å²) < 4.78 is 17.3.